The van der Waals surface area contributed by atoms with Gasteiger partial charge in [-0.2, -0.15) is 0 Å². The number of aliphatic hydroxyl groups is 2. The average Bonchev–Trinajstić information content (AvgIpc) is 2.97. The molecule has 0 aliphatic heterocycles. The number of alkyl halides is 2. The molecule has 0 aromatic heterocycles. The molecular weight excluding hydrogens is 585 g/mol. The van der Waals surface area contributed by atoms with Crippen LogP contribution in [0.25, 0.3) is 0 Å². The van der Waals surface area contributed by atoms with E-state index in [1.165, 1.54) is 14.2 Å². The molecule has 223 valence electrons. The number of rotatable bonds is 14. The second-order valence-corrected chi connectivity index (χ2v) is 8.37. The fraction of sp³-hybridized carbons (Fsp3) is 0.464. The number of methoxy groups -OCH3 is 2. The summed E-state index contributed by atoms with van der Waals surface area (Å²) in [6, 6.07) is 13.8. The van der Waals surface area contributed by atoms with Gasteiger partial charge in [-0.15, -0.1) is 23.2 Å². The van der Waals surface area contributed by atoms with Gasteiger partial charge >= 0.3 is 41.5 Å². The first kappa shape index (κ1) is 43.7. The topological polar surface area (TPSA) is 129 Å². The van der Waals surface area contributed by atoms with Crippen LogP contribution in [0, 0.1) is 0 Å². The van der Waals surface area contributed by atoms with Gasteiger partial charge in [-0.3, -0.25) is 14.4 Å². The molecule has 0 spiro atoms. The molecule has 3 radical (unpaired) electrons. The van der Waals surface area contributed by atoms with Crippen LogP contribution in [0.3, 0.4) is 0 Å². The van der Waals surface area contributed by atoms with E-state index in [4.69, 9.17) is 37.8 Å². The fourth-order valence-corrected chi connectivity index (χ4v) is 2.98. The molecule has 0 saturated heterocycles. The van der Waals surface area contributed by atoms with Gasteiger partial charge in [0.1, 0.15) is 24.7 Å². The number of Topliss-reactive ketones (excluding diaryl/α,β-unsaturated/α-hetero) is 1. The normalized spacial score (nSPS) is 10.0. The minimum absolute atomic E-state index is 0. The molecule has 1 atom stereocenters. The van der Waals surface area contributed by atoms with Crippen LogP contribution in [-0.2, 0) is 19.1 Å². The zero-order valence-electron chi connectivity index (χ0n) is 25.1. The van der Waals surface area contributed by atoms with Gasteiger partial charge < -0.3 is 30.6 Å². The van der Waals surface area contributed by atoms with E-state index < -0.39 is 6.10 Å². The second kappa shape index (κ2) is 28.3. The fourth-order valence-electron chi connectivity index (χ4n) is 2.82. The number of carbonyl (C=O) groups is 3. The van der Waals surface area contributed by atoms with Crippen molar-refractivity contribution >= 4 is 49.3 Å². The zero-order valence-corrected chi connectivity index (χ0v) is 27.7. The third-order valence-corrected chi connectivity index (χ3v) is 5.07. The van der Waals surface area contributed by atoms with Crippen LogP contribution in [0.1, 0.15) is 56.1 Å². The number of esters is 2. The molecule has 0 aliphatic carbocycles. The van der Waals surface area contributed by atoms with E-state index in [2.05, 4.69) is 9.47 Å². The maximum Gasteiger partial charge on any atom is 1.00 e. The predicted molar refractivity (Wildman–Crippen MR) is 157 cm³/mol. The van der Waals surface area contributed by atoms with Gasteiger partial charge in [0.25, 0.3) is 0 Å². The van der Waals surface area contributed by atoms with E-state index in [0.717, 1.165) is 5.56 Å². The predicted octanol–water partition coefficient (Wildman–Crippen LogP) is 1.47. The maximum atomic E-state index is 11.7. The van der Waals surface area contributed by atoms with Crippen LogP contribution < -0.4 is 39.0 Å². The quantitative estimate of drug-likeness (QED) is 0.139. The Labute approximate surface area is 278 Å². The molecule has 41 heavy (non-hydrogen) atoms. The summed E-state index contributed by atoms with van der Waals surface area (Å²) in [7, 11) is 2.63. The Balaban J connectivity index is -0.000000295. The largest absolute Gasteiger partial charge is 1.00 e. The summed E-state index contributed by atoms with van der Waals surface area (Å²) >= 11 is 11.0. The molecule has 9 nitrogen and oxygen atoms in total. The monoisotopic (exact) mass is 623 g/mol. The molecule has 2 aromatic carbocycles. The van der Waals surface area contributed by atoms with Gasteiger partial charge in [0, 0.05) is 33.4 Å². The van der Waals surface area contributed by atoms with Crippen molar-refractivity contribution in [1.82, 2.24) is 0 Å². The van der Waals surface area contributed by atoms with E-state index in [0.29, 0.717) is 48.5 Å². The minimum atomic E-state index is -0.675. The third-order valence-electron chi connectivity index (χ3n) is 4.77. The van der Waals surface area contributed by atoms with E-state index in [1.807, 2.05) is 0 Å². The Morgan fingerprint density at radius 1 is 0.805 bits per heavy atom. The first-order valence-electron chi connectivity index (χ1n) is 12.3. The van der Waals surface area contributed by atoms with E-state index >= 15 is 0 Å². The first-order chi connectivity index (χ1) is 18.8. The number of carbonyl (C=O) groups excluding carboxylic acids is 3. The standard InChI is InChI=1S/C13H17ClO4.C13H15ClO4.C2H6O.B.Na.H/c2*1-17-13(16)7-6-12(15)10-2-4-11(5-3-10)18-9-8-14;1-2-3;;;/h2-5,12,15H,6-9H2,1H3;2-5H,6-9H2,1H3;3H,2H2,1H3;;;/q;;;;+1;-1. The summed E-state index contributed by atoms with van der Waals surface area (Å²) < 4.78 is 19.6. The van der Waals surface area contributed by atoms with E-state index in [1.54, 1.807) is 55.5 Å². The maximum absolute atomic E-state index is 11.7. The van der Waals surface area contributed by atoms with E-state index in [9.17, 15) is 19.5 Å². The summed E-state index contributed by atoms with van der Waals surface area (Å²) in [5, 5.41) is 17.4. The molecule has 2 N–H and O–H groups in total. The van der Waals surface area contributed by atoms with Crippen molar-refractivity contribution in [3.63, 3.8) is 0 Å². The molecule has 0 saturated carbocycles. The molecule has 0 amide bonds. The molecule has 2 aromatic rings. The van der Waals surface area contributed by atoms with Crippen LogP contribution in [0.15, 0.2) is 48.5 Å². The van der Waals surface area contributed by atoms with Crippen molar-refractivity contribution in [2.75, 3.05) is 45.8 Å². The van der Waals surface area contributed by atoms with Gasteiger partial charge in [0.2, 0.25) is 0 Å². The summed E-state index contributed by atoms with van der Waals surface area (Å²) in [6.07, 6.45) is 0.108. The number of benzene rings is 2. The van der Waals surface area contributed by atoms with E-state index in [-0.39, 0.29) is 83.0 Å². The molecule has 0 bridgehead atoms. The van der Waals surface area contributed by atoms with Crippen molar-refractivity contribution in [2.24, 2.45) is 0 Å². The van der Waals surface area contributed by atoms with Gasteiger partial charge in [0.15, 0.2) is 5.78 Å². The smallest absolute Gasteiger partial charge is 1.00 e. The summed E-state index contributed by atoms with van der Waals surface area (Å²) in [4.78, 5) is 33.6. The van der Waals surface area contributed by atoms with Crippen LogP contribution in [-0.4, -0.2) is 82.1 Å². The Morgan fingerprint density at radius 3 is 1.63 bits per heavy atom. The Kier molecular flexibility index (Phi) is 30.2. The molecule has 0 heterocycles. The van der Waals surface area contributed by atoms with Gasteiger partial charge in [-0.05, 0) is 55.3 Å². The summed E-state index contributed by atoms with van der Waals surface area (Å²) in [5.74, 6) is 1.43. The van der Waals surface area contributed by atoms with Crippen molar-refractivity contribution < 1.29 is 74.5 Å². The van der Waals surface area contributed by atoms with Crippen molar-refractivity contribution in [1.29, 1.82) is 0 Å². The van der Waals surface area contributed by atoms with Crippen LogP contribution in [0.5, 0.6) is 11.5 Å². The molecule has 13 heteroatoms. The number of hydrogen-bond acceptors (Lipinski definition) is 9. The number of aliphatic hydroxyl groups excluding tert-OH is 2. The van der Waals surface area contributed by atoms with Gasteiger partial charge in [0.05, 0.1) is 38.5 Å². The number of halogens is 2. The average molecular weight is 624 g/mol. The van der Waals surface area contributed by atoms with Gasteiger partial charge in [-0.25, -0.2) is 0 Å². The Hall–Kier alpha value is -1.79. The molecule has 2 rings (SSSR count). The molecular formula is C28H39BCl2NaO9. The van der Waals surface area contributed by atoms with Crippen LogP contribution in [0.2, 0.25) is 0 Å². The molecule has 0 fully saturated rings. The first-order valence-corrected chi connectivity index (χ1v) is 13.4. The summed E-state index contributed by atoms with van der Waals surface area (Å²) in [5.41, 5.74) is 1.30. The third kappa shape index (κ3) is 21.6. The van der Waals surface area contributed by atoms with Crippen LogP contribution >= 0.6 is 23.2 Å². The Bertz CT molecular complexity index is 955. The number of ketones is 1. The SMILES string of the molecule is CCO.COC(=O)CCC(=O)c1ccc(OCCCl)cc1.COC(=O)CCC(O)c1ccc(OCCCl)cc1.[B].[H-].[Na+]. The minimum Gasteiger partial charge on any atom is -1.00 e. The summed E-state index contributed by atoms with van der Waals surface area (Å²) in [6.45, 7) is 2.81. The molecule has 0 aliphatic rings. The van der Waals surface area contributed by atoms with Gasteiger partial charge in [-0.1, -0.05) is 12.1 Å². The zero-order chi connectivity index (χ0) is 29.5. The molecule has 1 unspecified atom stereocenters. The van der Waals surface area contributed by atoms with Crippen molar-refractivity contribution in [3.05, 3.63) is 59.7 Å². The van der Waals surface area contributed by atoms with Crippen molar-refractivity contribution in [3.8, 4) is 11.5 Å². The number of hydrogen-bond donors (Lipinski definition) is 2. The second-order valence-electron chi connectivity index (χ2n) is 7.61. The number of ether oxygens (including phenoxy) is 4. The van der Waals surface area contributed by atoms with Crippen LogP contribution in [0.4, 0.5) is 0 Å². The Morgan fingerprint density at radius 2 is 1.22 bits per heavy atom. The van der Waals surface area contributed by atoms with Crippen molar-refractivity contribution in [2.45, 2.75) is 38.7 Å².